The minimum atomic E-state index is -0.759. The lowest BCUT2D eigenvalue weighted by atomic mass is 9.88. The van der Waals surface area contributed by atoms with Crippen LogP contribution in [0.2, 0.25) is 5.15 Å². The van der Waals surface area contributed by atoms with E-state index in [1.165, 1.54) is 6.92 Å². The second-order valence-electron chi connectivity index (χ2n) is 6.51. The SMILES string of the molecule is CC[C@@](C)(N=[N+]=[N-])c1cnc(OC2CN(C(C)=O)C2)c2cnc(Cl)cc12. The molecule has 0 aromatic carbocycles. The van der Waals surface area contributed by atoms with Gasteiger partial charge >= 0.3 is 0 Å². The third-order valence-corrected chi connectivity index (χ3v) is 5.01. The van der Waals surface area contributed by atoms with Crippen molar-refractivity contribution in [3.63, 3.8) is 0 Å². The molecule has 3 heterocycles. The van der Waals surface area contributed by atoms with Crippen molar-refractivity contribution in [2.24, 2.45) is 5.11 Å². The fraction of sp³-hybridized carbons (Fsp3) is 0.471. The van der Waals surface area contributed by atoms with E-state index in [2.05, 4.69) is 20.0 Å². The van der Waals surface area contributed by atoms with Crippen molar-refractivity contribution < 1.29 is 9.53 Å². The number of pyridine rings is 2. The predicted molar refractivity (Wildman–Crippen MR) is 98.0 cm³/mol. The number of nitrogens with zero attached hydrogens (tertiary/aromatic N) is 6. The third kappa shape index (κ3) is 3.25. The van der Waals surface area contributed by atoms with Crippen LogP contribution in [0, 0.1) is 0 Å². The van der Waals surface area contributed by atoms with Crippen LogP contribution in [0.1, 0.15) is 32.8 Å². The summed E-state index contributed by atoms with van der Waals surface area (Å²) in [6.45, 7) is 6.40. The molecule has 1 atom stereocenters. The highest BCUT2D eigenvalue weighted by Gasteiger charge is 2.32. The van der Waals surface area contributed by atoms with E-state index in [0.717, 1.165) is 10.9 Å². The van der Waals surface area contributed by atoms with E-state index in [1.54, 1.807) is 23.4 Å². The number of aromatic nitrogens is 2. The monoisotopic (exact) mass is 374 g/mol. The first-order chi connectivity index (χ1) is 12.4. The number of amides is 1. The molecule has 8 nitrogen and oxygen atoms in total. The Balaban J connectivity index is 2.02. The van der Waals surface area contributed by atoms with Crippen LogP contribution < -0.4 is 4.74 Å². The summed E-state index contributed by atoms with van der Waals surface area (Å²) in [4.78, 5) is 24.6. The van der Waals surface area contributed by atoms with Gasteiger partial charge in [-0.15, -0.1) is 0 Å². The van der Waals surface area contributed by atoms with Crippen LogP contribution in [-0.4, -0.2) is 40.0 Å². The van der Waals surface area contributed by atoms with Gasteiger partial charge < -0.3 is 9.64 Å². The highest BCUT2D eigenvalue weighted by Crippen LogP contribution is 2.38. The summed E-state index contributed by atoms with van der Waals surface area (Å²) in [5, 5.41) is 5.78. The van der Waals surface area contributed by atoms with Crippen molar-refractivity contribution in [3.05, 3.63) is 39.6 Å². The number of likely N-dealkylation sites (tertiary alicyclic amines) is 1. The molecule has 1 amide bonds. The van der Waals surface area contributed by atoms with E-state index in [4.69, 9.17) is 21.9 Å². The summed E-state index contributed by atoms with van der Waals surface area (Å²) in [5.41, 5.74) is 8.95. The summed E-state index contributed by atoms with van der Waals surface area (Å²) in [7, 11) is 0. The molecule has 1 saturated heterocycles. The van der Waals surface area contributed by atoms with Gasteiger partial charge in [0.2, 0.25) is 11.8 Å². The second kappa shape index (κ2) is 6.97. The van der Waals surface area contributed by atoms with Crippen molar-refractivity contribution in [2.75, 3.05) is 13.1 Å². The van der Waals surface area contributed by atoms with E-state index < -0.39 is 5.54 Å². The lowest BCUT2D eigenvalue weighted by Crippen LogP contribution is -2.55. The van der Waals surface area contributed by atoms with Crippen molar-refractivity contribution in [1.29, 1.82) is 0 Å². The lowest BCUT2D eigenvalue weighted by Gasteiger charge is -2.38. The van der Waals surface area contributed by atoms with Crippen LogP contribution in [0.4, 0.5) is 0 Å². The normalized spacial score (nSPS) is 16.5. The number of hydrogen-bond donors (Lipinski definition) is 0. The zero-order valence-electron chi connectivity index (χ0n) is 14.8. The van der Waals surface area contributed by atoms with Gasteiger partial charge in [-0.05, 0) is 35.9 Å². The van der Waals surface area contributed by atoms with Crippen LogP contribution in [-0.2, 0) is 10.3 Å². The minimum Gasteiger partial charge on any atom is -0.470 e. The highest BCUT2D eigenvalue weighted by atomic mass is 35.5. The van der Waals surface area contributed by atoms with Gasteiger partial charge in [-0.1, -0.05) is 23.6 Å². The van der Waals surface area contributed by atoms with Gasteiger partial charge in [0.1, 0.15) is 11.3 Å². The number of carbonyl (C=O) groups excluding carboxylic acids is 1. The molecule has 0 N–H and O–H groups in total. The van der Waals surface area contributed by atoms with E-state index in [0.29, 0.717) is 35.9 Å². The molecule has 0 saturated carbocycles. The first-order valence-electron chi connectivity index (χ1n) is 8.31. The Hall–Kier alpha value is -2.57. The van der Waals surface area contributed by atoms with Gasteiger partial charge in [0.25, 0.3) is 0 Å². The van der Waals surface area contributed by atoms with Crippen LogP contribution in [0.5, 0.6) is 5.88 Å². The standard InChI is InChI=1S/C17H19ClN6O2/c1-4-17(3,22-23-19)14-7-21-16(13-6-20-15(18)5-12(13)14)26-11-8-24(9-11)10(2)25/h5-7,11H,4,8-9H2,1-3H3/t17-/m1/s1. The fourth-order valence-electron chi connectivity index (χ4n) is 2.95. The van der Waals surface area contributed by atoms with Gasteiger partial charge in [0.15, 0.2) is 0 Å². The lowest BCUT2D eigenvalue weighted by molar-refractivity contribution is -0.137. The van der Waals surface area contributed by atoms with Gasteiger partial charge in [-0.2, -0.15) is 0 Å². The summed E-state index contributed by atoms with van der Waals surface area (Å²) >= 11 is 6.09. The maximum Gasteiger partial charge on any atom is 0.223 e. The molecule has 0 radical (unpaired) electrons. The third-order valence-electron chi connectivity index (χ3n) is 4.81. The Morgan fingerprint density at radius 3 is 2.81 bits per heavy atom. The summed E-state index contributed by atoms with van der Waals surface area (Å²) in [5.74, 6) is 0.458. The topological polar surface area (TPSA) is 104 Å². The average Bonchev–Trinajstić information content (AvgIpc) is 2.56. The first-order valence-corrected chi connectivity index (χ1v) is 8.69. The maximum atomic E-state index is 11.3. The number of fused-ring (bicyclic) bond motifs is 1. The van der Waals surface area contributed by atoms with Crippen LogP contribution >= 0.6 is 11.6 Å². The average molecular weight is 375 g/mol. The smallest absolute Gasteiger partial charge is 0.223 e. The molecule has 0 unspecified atom stereocenters. The van der Waals surface area contributed by atoms with Crippen molar-refractivity contribution >= 4 is 28.3 Å². The molecular formula is C17H19ClN6O2. The first kappa shape index (κ1) is 18.2. The maximum absolute atomic E-state index is 11.3. The number of ether oxygens (including phenoxy) is 1. The molecule has 1 aliphatic heterocycles. The molecule has 1 fully saturated rings. The summed E-state index contributed by atoms with van der Waals surface area (Å²) in [6.07, 6.45) is 3.76. The molecule has 0 aliphatic carbocycles. The number of rotatable bonds is 5. The Morgan fingerprint density at radius 2 is 2.19 bits per heavy atom. The van der Waals surface area contributed by atoms with E-state index in [9.17, 15) is 4.79 Å². The quantitative estimate of drug-likeness (QED) is 0.343. The Morgan fingerprint density at radius 1 is 1.46 bits per heavy atom. The number of hydrogen-bond acceptors (Lipinski definition) is 5. The molecule has 26 heavy (non-hydrogen) atoms. The van der Waals surface area contributed by atoms with Crippen LogP contribution in [0.3, 0.4) is 0 Å². The zero-order valence-corrected chi connectivity index (χ0v) is 15.6. The van der Waals surface area contributed by atoms with Crippen molar-refractivity contribution in [3.8, 4) is 5.88 Å². The Kier molecular flexibility index (Phi) is 4.89. The highest BCUT2D eigenvalue weighted by molar-refractivity contribution is 6.30. The second-order valence-corrected chi connectivity index (χ2v) is 6.90. The molecule has 1 aliphatic rings. The molecule has 136 valence electrons. The summed E-state index contributed by atoms with van der Waals surface area (Å²) < 4.78 is 5.95. The Bertz CT molecular complexity index is 908. The van der Waals surface area contributed by atoms with Gasteiger partial charge in [-0.25, -0.2) is 9.97 Å². The van der Waals surface area contributed by atoms with Gasteiger partial charge in [-0.3, -0.25) is 4.79 Å². The molecule has 2 aromatic heterocycles. The molecule has 2 aromatic rings. The molecule has 9 heteroatoms. The zero-order chi connectivity index (χ0) is 18.9. The largest absolute Gasteiger partial charge is 0.470 e. The molecular weight excluding hydrogens is 356 g/mol. The minimum absolute atomic E-state index is 0.0274. The summed E-state index contributed by atoms with van der Waals surface area (Å²) in [6, 6.07) is 1.73. The van der Waals surface area contributed by atoms with Crippen LogP contribution in [0.25, 0.3) is 21.2 Å². The van der Waals surface area contributed by atoms with Crippen molar-refractivity contribution in [2.45, 2.75) is 38.8 Å². The number of halogens is 1. The van der Waals surface area contributed by atoms with Gasteiger partial charge in [0.05, 0.1) is 24.0 Å². The fourth-order valence-corrected chi connectivity index (χ4v) is 3.11. The van der Waals surface area contributed by atoms with E-state index in [1.807, 2.05) is 13.8 Å². The van der Waals surface area contributed by atoms with E-state index >= 15 is 0 Å². The van der Waals surface area contributed by atoms with E-state index in [-0.39, 0.29) is 12.0 Å². The van der Waals surface area contributed by atoms with Crippen LogP contribution in [0.15, 0.2) is 23.6 Å². The van der Waals surface area contributed by atoms with Gasteiger partial charge in [0, 0.05) is 24.2 Å². The molecule has 0 bridgehead atoms. The predicted octanol–water partition coefficient (Wildman–Crippen LogP) is 3.83. The Labute approximate surface area is 155 Å². The molecule has 0 spiro atoms. The van der Waals surface area contributed by atoms with Crippen molar-refractivity contribution in [1.82, 2.24) is 14.9 Å². The number of carbonyl (C=O) groups is 1. The number of azide groups is 1. The molecule has 3 rings (SSSR count).